The molecule has 0 aliphatic rings. The van der Waals surface area contributed by atoms with Crippen LogP contribution < -0.4 is 0 Å². The van der Waals surface area contributed by atoms with E-state index in [0.717, 1.165) is 0 Å². The van der Waals surface area contributed by atoms with Crippen LogP contribution in [0.5, 0.6) is 0 Å². The number of aliphatic carboxylic acids is 1. The lowest BCUT2D eigenvalue weighted by Crippen LogP contribution is -2.40. The Balaban J connectivity index is 4.82. The maximum Gasteiger partial charge on any atom is 0.331 e. The average Bonchev–Trinajstić information content (AvgIpc) is 2.11. The van der Waals surface area contributed by atoms with Gasteiger partial charge in [0.1, 0.15) is 0 Å². The maximum atomic E-state index is 11.8. The number of likely N-dealkylation sites (N-methyl/N-ethyl adjacent to an activating group) is 1. The molecule has 1 amide bonds. The lowest BCUT2D eigenvalue weighted by molar-refractivity contribution is -0.134. The van der Waals surface area contributed by atoms with E-state index in [4.69, 9.17) is 5.11 Å². The van der Waals surface area contributed by atoms with Gasteiger partial charge in [-0.2, -0.15) is 0 Å². The molecule has 0 fully saturated rings. The third-order valence-corrected chi connectivity index (χ3v) is 2.17. The van der Waals surface area contributed by atoms with Crippen LogP contribution in [0.25, 0.3) is 0 Å². The fourth-order valence-corrected chi connectivity index (χ4v) is 1.26. The van der Waals surface area contributed by atoms with E-state index in [2.05, 4.69) is 0 Å². The first-order chi connectivity index (χ1) is 7.06. The zero-order valence-corrected chi connectivity index (χ0v) is 10.4. The normalized spacial score (nSPS) is 13.1. The van der Waals surface area contributed by atoms with Crippen LogP contribution in [0.1, 0.15) is 27.7 Å². The van der Waals surface area contributed by atoms with Gasteiger partial charge in [-0.05, 0) is 27.7 Å². The summed E-state index contributed by atoms with van der Waals surface area (Å²) >= 11 is 0. The topological polar surface area (TPSA) is 77.8 Å². The van der Waals surface area contributed by atoms with Crippen LogP contribution in [-0.4, -0.2) is 46.2 Å². The molecule has 0 aromatic heterocycles. The maximum absolute atomic E-state index is 11.8. The molecular weight excluding hydrogens is 210 g/mol. The standard InChI is InChI=1S/C11H19NO4/c1-7(8(2)10(14)15)9(13)12(5)6-11(3,4)16/h16H,6H2,1-5H3,(H,14,15). The molecule has 0 saturated carbocycles. The Morgan fingerprint density at radius 1 is 1.19 bits per heavy atom. The van der Waals surface area contributed by atoms with Crippen LogP contribution in [0.4, 0.5) is 0 Å². The fourth-order valence-electron chi connectivity index (χ4n) is 1.26. The second-order valence-corrected chi connectivity index (χ2v) is 4.53. The first-order valence-electron chi connectivity index (χ1n) is 4.95. The predicted molar refractivity (Wildman–Crippen MR) is 59.9 cm³/mol. The zero-order valence-electron chi connectivity index (χ0n) is 10.4. The number of hydrogen-bond donors (Lipinski definition) is 2. The largest absolute Gasteiger partial charge is 0.478 e. The van der Waals surface area contributed by atoms with Gasteiger partial charge in [0.15, 0.2) is 0 Å². The summed E-state index contributed by atoms with van der Waals surface area (Å²) in [6.45, 7) is 6.16. The van der Waals surface area contributed by atoms with Crippen molar-refractivity contribution in [2.45, 2.75) is 33.3 Å². The highest BCUT2D eigenvalue weighted by Gasteiger charge is 2.22. The van der Waals surface area contributed by atoms with Gasteiger partial charge >= 0.3 is 5.97 Å². The van der Waals surface area contributed by atoms with Crippen molar-refractivity contribution < 1.29 is 19.8 Å². The number of carbonyl (C=O) groups is 2. The van der Waals surface area contributed by atoms with Gasteiger partial charge in [-0.25, -0.2) is 4.79 Å². The second kappa shape index (κ2) is 5.12. The van der Waals surface area contributed by atoms with E-state index in [0.29, 0.717) is 0 Å². The molecule has 0 unspecified atom stereocenters. The van der Waals surface area contributed by atoms with Gasteiger partial charge in [-0.15, -0.1) is 0 Å². The van der Waals surface area contributed by atoms with Crippen molar-refractivity contribution >= 4 is 11.9 Å². The summed E-state index contributed by atoms with van der Waals surface area (Å²) in [4.78, 5) is 23.7. The minimum absolute atomic E-state index is 0.0209. The number of hydrogen-bond acceptors (Lipinski definition) is 3. The summed E-state index contributed by atoms with van der Waals surface area (Å²) < 4.78 is 0. The summed E-state index contributed by atoms with van der Waals surface area (Å²) in [5.74, 6) is -1.50. The summed E-state index contributed by atoms with van der Waals surface area (Å²) in [5.41, 5.74) is -0.797. The summed E-state index contributed by atoms with van der Waals surface area (Å²) in [6.07, 6.45) is 0. The molecule has 0 saturated heterocycles. The van der Waals surface area contributed by atoms with Crippen molar-refractivity contribution in [3.8, 4) is 0 Å². The highest BCUT2D eigenvalue weighted by molar-refractivity contribution is 6.01. The molecule has 0 spiro atoms. The van der Waals surface area contributed by atoms with Crippen LogP contribution in [0, 0.1) is 0 Å². The first-order valence-corrected chi connectivity index (χ1v) is 4.95. The molecule has 0 aliphatic heterocycles. The molecule has 0 aliphatic carbocycles. The van der Waals surface area contributed by atoms with E-state index < -0.39 is 11.6 Å². The van der Waals surface area contributed by atoms with Crippen LogP contribution in [0.3, 0.4) is 0 Å². The highest BCUT2D eigenvalue weighted by atomic mass is 16.4. The Labute approximate surface area is 95.4 Å². The number of nitrogens with zero attached hydrogens (tertiary/aromatic N) is 1. The van der Waals surface area contributed by atoms with E-state index in [1.165, 1.54) is 25.8 Å². The van der Waals surface area contributed by atoms with E-state index in [9.17, 15) is 14.7 Å². The van der Waals surface area contributed by atoms with Crippen LogP contribution >= 0.6 is 0 Å². The molecule has 16 heavy (non-hydrogen) atoms. The third kappa shape index (κ3) is 4.44. The molecule has 0 rings (SSSR count). The van der Waals surface area contributed by atoms with Gasteiger partial charge in [0.2, 0.25) is 5.91 Å². The number of amides is 1. The summed E-state index contributed by atoms with van der Waals surface area (Å²) in [6, 6.07) is 0. The Morgan fingerprint density at radius 3 is 1.94 bits per heavy atom. The molecule has 0 heterocycles. The van der Waals surface area contributed by atoms with Gasteiger partial charge < -0.3 is 15.1 Å². The van der Waals surface area contributed by atoms with Gasteiger partial charge in [-0.3, -0.25) is 4.79 Å². The Hall–Kier alpha value is -1.36. The number of carboxylic acid groups (broad SMARTS) is 1. The average molecular weight is 229 g/mol. The monoisotopic (exact) mass is 229 g/mol. The molecule has 92 valence electrons. The smallest absolute Gasteiger partial charge is 0.331 e. The molecule has 0 aromatic carbocycles. The Bertz CT molecular complexity index is 325. The van der Waals surface area contributed by atoms with Gasteiger partial charge in [0.25, 0.3) is 0 Å². The minimum Gasteiger partial charge on any atom is -0.478 e. The van der Waals surface area contributed by atoms with Crippen LogP contribution in [0.2, 0.25) is 0 Å². The van der Waals surface area contributed by atoms with Crippen molar-refractivity contribution in [3.63, 3.8) is 0 Å². The van der Waals surface area contributed by atoms with Gasteiger partial charge in [0.05, 0.1) is 5.60 Å². The Morgan fingerprint density at radius 2 is 1.62 bits per heavy atom. The molecule has 5 nitrogen and oxygen atoms in total. The van der Waals surface area contributed by atoms with Crippen LogP contribution in [-0.2, 0) is 9.59 Å². The SMILES string of the molecule is CC(C(=O)O)=C(C)C(=O)N(C)CC(C)(C)O. The van der Waals surface area contributed by atoms with Gasteiger partial charge in [-0.1, -0.05) is 0 Å². The number of rotatable bonds is 4. The molecule has 0 atom stereocenters. The second-order valence-electron chi connectivity index (χ2n) is 4.53. The van der Waals surface area contributed by atoms with E-state index in [-0.39, 0.29) is 23.6 Å². The molecule has 0 radical (unpaired) electrons. The molecule has 0 bridgehead atoms. The van der Waals surface area contributed by atoms with Crippen molar-refractivity contribution in [1.82, 2.24) is 4.90 Å². The lowest BCUT2D eigenvalue weighted by Gasteiger charge is -2.26. The van der Waals surface area contributed by atoms with Gasteiger partial charge in [0, 0.05) is 24.7 Å². The molecule has 2 N–H and O–H groups in total. The molecular formula is C11H19NO4. The highest BCUT2D eigenvalue weighted by Crippen LogP contribution is 2.10. The minimum atomic E-state index is -1.11. The van der Waals surface area contributed by atoms with E-state index >= 15 is 0 Å². The molecule has 0 aromatic rings. The van der Waals surface area contributed by atoms with Crippen molar-refractivity contribution in [1.29, 1.82) is 0 Å². The van der Waals surface area contributed by atoms with Crippen molar-refractivity contribution in [3.05, 3.63) is 11.1 Å². The van der Waals surface area contributed by atoms with E-state index in [1.807, 2.05) is 0 Å². The fraction of sp³-hybridized carbons (Fsp3) is 0.636. The summed E-state index contributed by atoms with van der Waals surface area (Å²) in [5, 5.41) is 18.3. The molecule has 5 heteroatoms. The third-order valence-electron chi connectivity index (χ3n) is 2.17. The Kier molecular flexibility index (Phi) is 4.68. The predicted octanol–water partition coefficient (Wildman–Crippen LogP) is 0.637. The number of carboxylic acids is 1. The lowest BCUT2D eigenvalue weighted by atomic mass is 10.1. The van der Waals surface area contributed by atoms with Crippen LogP contribution in [0.15, 0.2) is 11.1 Å². The zero-order chi connectivity index (χ0) is 13.1. The quantitative estimate of drug-likeness (QED) is 0.693. The van der Waals surface area contributed by atoms with Crippen molar-refractivity contribution in [2.24, 2.45) is 0 Å². The van der Waals surface area contributed by atoms with E-state index in [1.54, 1.807) is 13.8 Å². The number of aliphatic hydroxyl groups is 1. The number of carbonyl (C=O) groups excluding carboxylic acids is 1. The summed E-state index contributed by atoms with van der Waals surface area (Å²) in [7, 11) is 1.53. The first kappa shape index (κ1) is 14.6. The van der Waals surface area contributed by atoms with Crippen molar-refractivity contribution in [2.75, 3.05) is 13.6 Å².